The highest BCUT2D eigenvalue weighted by Gasteiger charge is 2.08. The first kappa shape index (κ1) is 20.5. The fraction of sp³-hybridized carbons (Fsp3) is 0.286. The molecule has 1 aromatic heterocycles. The number of nitrogens with one attached hydrogen (secondary N) is 2. The van der Waals surface area contributed by atoms with Crippen LogP contribution in [0.15, 0.2) is 60.9 Å². The number of urea groups is 1. The molecule has 0 saturated heterocycles. The second-order valence-corrected chi connectivity index (χ2v) is 6.21. The summed E-state index contributed by atoms with van der Waals surface area (Å²) < 4.78 is 12.6. The van der Waals surface area contributed by atoms with Crippen LogP contribution in [0.4, 0.5) is 10.5 Å². The number of hydrogen-bond donors (Lipinski definition) is 2. The molecule has 2 amide bonds. The van der Waals surface area contributed by atoms with Gasteiger partial charge < -0.3 is 20.1 Å². The number of amides is 2. The molecule has 0 bridgehead atoms. The highest BCUT2D eigenvalue weighted by molar-refractivity contribution is 5.89. The van der Waals surface area contributed by atoms with Crippen molar-refractivity contribution in [3.8, 4) is 5.69 Å². The zero-order valence-electron chi connectivity index (χ0n) is 16.4. The van der Waals surface area contributed by atoms with Crippen LogP contribution in [0.5, 0.6) is 0 Å². The fourth-order valence-corrected chi connectivity index (χ4v) is 2.71. The van der Waals surface area contributed by atoms with Crippen LogP contribution in [-0.4, -0.2) is 40.6 Å². The van der Waals surface area contributed by atoms with Crippen molar-refractivity contribution >= 4 is 11.7 Å². The molecule has 152 valence electrons. The Morgan fingerprint density at radius 2 is 1.90 bits per heavy atom. The smallest absolute Gasteiger partial charge is 0.319 e. The van der Waals surface area contributed by atoms with Crippen molar-refractivity contribution in [3.63, 3.8) is 0 Å². The highest BCUT2D eigenvalue weighted by atomic mass is 16.5. The van der Waals surface area contributed by atoms with Crippen molar-refractivity contribution < 1.29 is 14.3 Å². The van der Waals surface area contributed by atoms with Crippen molar-refractivity contribution in [2.45, 2.75) is 20.1 Å². The highest BCUT2D eigenvalue weighted by Crippen LogP contribution is 2.12. The largest absolute Gasteiger partial charge is 0.379 e. The van der Waals surface area contributed by atoms with Gasteiger partial charge in [-0.2, -0.15) is 0 Å². The lowest BCUT2D eigenvalue weighted by atomic mass is 10.2. The number of aromatic nitrogens is 3. The van der Waals surface area contributed by atoms with Crippen LogP contribution < -0.4 is 10.6 Å². The molecule has 8 heteroatoms. The summed E-state index contributed by atoms with van der Waals surface area (Å²) >= 11 is 0. The van der Waals surface area contributed by atoms with Crippen molar-refractivity contribution in [2.24, 2.45) is 0 Å². The van der Waals surface area contributed by atoms with Crippen molar-refractivity contribution in [2.75, 3.05) is 25.1 Å². The van der Waals surface area contributed by atoms with E-state index in [-0.39, 0.29) is 12.6 Å². The number of benzene rings is 2. The Labute approximate surface area is 169 Å². The normalized spacial score (nSPS) is 10.7. The van der Waals surface area contributed by atoms with Crippen LogP contribution in [-0.2, 0) is 22.6 Å². The van der Waals surface area contributed by atoms with E-state index in [9.17, 15) is 4.79 Å². The summed E-state index contributed by atoms with van der Waals surface area (Å²) in [6.45, 7) is 4.45. The van der Waals surface area contributed by atoms with E-state index in [1.807, 2.05) is 66.1 Å². The molecule has 8 nitrogen and oxygen atoms in total. The lowest BCUT2D eigenvalue weighted by Crippen LogP contribution is -2.29. The minimum absolute atomic E-state index is 0.251. The summed E-state index contributed by atoms with van der Waals surface area (Å²) in [5, 5.41) is 13.7. The number of ether oxygens (including phenoxy) is 2. The van der Waals surface area contributed by atoms with Gasteiger partial charge in [0.1, 0.15) is 6.33 Å². The lowest BCUT2D eigenvalue weighted by Gasteiger charge is -2.10. The monoisotopic (exact) mass is 395 g/mol. The first-order valence-electron chi connectivity index (χ1n) is 9.50. The minimum Gasteiger partial charge on any atom is -0.379 e. The Kier molecular flexibility index (Phi) is 7.73. The molecule has 0 aliphatic heterocycles. The zero-order valence-corrected chi connectivity index (χ0v) is 16.4. The molecule has 1 heterocycles. The Bertz CT molecular complexity index is 898. The number of anilines is 1. The van der Waals surface area contributed by atoms with E-state index in [2.05, 4.69) is 20.8 Å². The third kappa shape index (κ3) is 6.41. The Morgan fingerprint density at radius 3 is 2.72 bits per heavy atom. The average molecular weight is 395 g/mol. The SMILES string of the molecule is CCOCCOCc1cccc(NC(=O)NCc2nncn2-c2ccccc2)c1. The predicted octanol–water partition coefficient (Wildman–Crippen LogP) is 3.14. The summed E-state index contributed by atoms with van der Waals surface area (Å²) in [5.74, 6) is 0.641. The van der Waals surface area contributed by atoms with Crippen LogP contribution in [0.25, 0.3) is 5.69 Å². The standard InChI is InChI=1S/C21H25N5O3/c1-2-28-11-12-29-15-17-7-6-8-18(13-17)24-21(27)22-14-20-25-23-16-26(20)19-9-4-3-5-10-19/h3-10,13,16H,2,11-12,14-15H2,1H3,(H2,22,24,27). The first-order chi connectivity index (χ1) is 14.3. The maximum atomic E-state index is 12.3. The molecule has 3 aromatic rings. The van der Waals surface area contributed by atoms with Gasteiger partial charge in [0.15, 0.2) is 5.82 Å². The van der Waals surface area contributed by atoms with E-state index in [1.165, 1.54) is 0 Å². The van der Waals surface area contributed by atoms with Gasteiger partial charge in [0.05, 0.1) is 26.4 Å². The summed E-state index contributed by atoms with van der Waals surface area (Å²) in [6, 6.07) is 16.9. The Hall–Kier alpha value is -3.23. The molecule has 0 aliphatic carbocycles. The molecule has 0 aliphatic rings. The summed E-state index contributed by atoms with van der Waals surface area (Å²) in [7, 11) is 0. The molecule has 0 unspecified atom stereocenters. The van der Waals surface area contributed by atoms with Gasteiger partial charge in [0.2, 0.25) is 0 Å². The number of nitrogens with zero attached hydrogens (tertiary/aromatic N) is 3. The molecule has 29 heavy (non-hydrogen) atoms. The quantitative estimate of drug-likeness (QED) is 0.515. The van der Waals surface area contributed by atoms with E-state index in [0.717, 1.165) is 11.3 Å². The molecule has 2 aromatic carbocycles. The molecule has 0 atom stereocenters. The lowest BCUT2D eigenvalue weighted by molar-refractivity contribution is 0.0453. The van der Waals surface area contributed by atoms with Gasteiger partial charge in [0, 0.05) is 18.0 Å². The second kappa shape index (κ2) is 10.9. The van der Waals surface area contributed by atoms with Gasteiger partial charge >= 0.3 is 6.03 Å². The number of para-hydroxylation sites is 1. The van der Waals surface area contributed by atoms with Crippen LogP contribution in [0.1, 0.15) is 18.3 Å². The molecule has 0 spiro atoms. The van der Waals surface area contributed by atoms with E-state index in [4.69, 9.17) is 9.47 Å². The molecule has 0 fully saturated rings. The van der Waals surface area contributed by atoms with E-state index < -0.39 is 0 Å². The number of rotatable bonds is 10. The molecular formula is C21H25N5O3. The molecular weight excluding hydrogens is 370 g/mol. The second-order valence-electron chi connectivity index (χ2n) is 6.21. The van der Waals surface area contributed by atoms with Gasteiger partial charge in [-0.25, -0.2) is 4.79 Å². The van der Waals surface area contributed by atoms with Crippen LogP contribution in [0.2, 0.25) is 0 Å². The zero-order chi connectivity index (χ0) is 20.3. The Morgan fingerprint density at radius 1 is 1.07 bits per heavy atom. The van der Waals surface area contributed by atoms with Crippen LogP contribution in [0, 0.1) is 0 Å². The summed E-state index contributed by atoms with van der Waals surface area (Å²) in [5.41, 5.74) is 2.60. The number of carbonyl (C=O) groups is 1. The maximum absolute atomic E-state index is 12.3. The summed E-state index contributed by atoms with van der Waals surface area (Å²) in [4.78, 5) is 12.3. The molecule has 0 radical (unpaired) electrons. The van der Waals surface area contributed by atoms with E-state index in [1.54, 1.807) is 6.33 Å². The average Bonchev–Trinajstić information content (AvgIpc) is 3.22. The van der Waals surface area contributed by atoms with E-state index >= 15 is 0 Å². The predicted molar refractivity (Wildman–Crippen MR) is 110 cm³/mol. The minimum atomic E-state index is -0.318. The third-order valence-electron chi connectivity index (χ3n) is 4.09. The molecule has 3 rings (SSSR count). The first-order valence-corrected chi connectivity index (χ1v) is 9.50. The van der Waals surface area contributed by atoms with Crippen molar-refractivity contribution in [1.29, 1.82) is 0 Å². The number of hydrogen-bond acceptors (Lipinski definition) is 5. The van der Waals surface area contributed by atoms with Gasteiger partial charge in [-0.15, -0.1) is 10.2 Å². The van der Waals surface area contributed by atoms with Crippen molar-refractivity contribution in [3.05, 3.63) is 72.3 Å². The van der Waals surface area contributed by atoms with Crippen LogP contribution >= 0.6 is 0 Å². The Balaban J connectivity index is 1.49. The maximum Gasteiger partial charge on any atom is 0.319 e. The van der Waals surface area contributed by atoms with Gasteiger partial charge in [-0.3, -0.25) is 4.57 Å². The third-order valence-corrected chi connectivity index (χ3v) is 4.09. The molecule has 0 saturated carbocycles. The van der Waals surface area contributed by atoms with Gasteiger partial charge in [-0.1, -0.05) is 30.3 Å². The van der Waals surface area contributed by atoms with Crippen LogP contribution in [0.3, 0.4) is 0 Å². The van der Waals surface area contributed by atoms with E-state index in [0.29, 0.717) is 37.9 Å². The topological polar surface area (TPSA) is 90.3 Å². The van der Waals surface area contributed by atoms with Crippen molar-refractivity contribution in [1.82, 2.24) is 20.1 Å². The van der Waals surface area contributed by atoms with Gasteiger partial charge in [-0.05, 0) is 36.8 Å². The number of carbonyl (C=O) groups excluding carboxylic acids is 1. The summed E-state index contributed by atoms with van der Waals surface area (Å²) in [6.07, 6.45) is 1.62. The molecule has 2 N–H and O–H groups in total. The fourth-order valence-electron chi connectivity index (χ4n) is 2.71. The van der Waals surface area contributed by atoms with Gasteiger partial charge in [0.25, 0.3) is 0 Å².